The van der Waals surface area contributed by atoms with Gasteiger partial charge in [0.25, 0.3) is 5.91 Å². The van der Waals surface area contributed by atoms with Crippen molar-refractivity contribution in [2.45, 2.75) is 40.2 Å². The standard InChI is InChI=1S/C14H22ClN3O/c1-5-12(9(3)4)18-14(19)10-7-13(16-6-2)17-8-11(10)15/h7-9,12H,5-6H2,1-4H3,(H,16,17)(H,18,19). The van der Waals surface area contributed by atoms with Crippen molar-refractivity contribution in [1.82, 2.24) is 10.3 Å². The van der Waals surface area contributed by atoms with E-state index in [1.807, 2.05) is 6.92 Å². The Kier molecular flexibility index (Phi) is 6.09. The summed E-state index contributed by atoms with van der Waals surface area (Å²) in [4.78, 5) is 16.4. The molecule has 0 spiro atoms. The van der Waals surface area contributed by atoms with Gasteiger partial charge in [-0.15, -0.1) is 0 Å². The maximum Gasteiger partial charge on any atom is 0.253 e. The van der Waals surface area contributed by atoms with E-state index in [9.17, 15) is 4.79 Å². The van der Waals surface area contributed by atoms with Crippen LogP contribution >= 0.6 is 11.6 Å². The second-order valence-electron chi connectivity index (χ2n) is 4.81. The molecule has 19 heavy (non-hydrogen) atoms. The second kappa shape index (κ2) is 7.34. The van der Waals surface area contributed by atoms with Crippen LogP contribution in [-0.4, -0.2) is 23.5 Å². The van der Waals surface area contributed by atoms with Crippen LogP contribution in [0.4, 0.5) is 5.82 Å². The Bertz CT molecular complexity index is 435. The quantitative estimate of drug-likeness (QED) is 0.842. The van der Waals surface area contributed by atoms with Crippen molar-refractivity contribution >= 4 is 23.3 Å². The predicted molar refractivity (Wildman–Crippen MR) is 79.8 cm³/mol. The van der Waals surface area contributed by atoms with Gasteiger partial charge in [-0.1, -0.05) is 32.4 Å². The normalized spacial score (nSPS) is 12.3. The molecule has 1 aromatic heterocycles. The van der Waals surface area contributed by atoms with Crippen LogP contribution in [0, 0.1) is 5.92 Å². The van der Waals surface area contributed by atoms with Crippen LogP contribution in [0.3, 0.4) is 0 Å². The van der Waals surface area contributed by atoms with Gasteiger partial charge in [-0.2, -0.15) is 0 Å². The summed E-state index contributed by atoms with van der Waals surface area (Å²) >= 11 is 6.05. The third-order valence-electron chi connectivity index (χ3n) is 3.02. The van der Waals surface area contributed by atoms with Crippen LogP contribution in [-0.2, 0) is 0 Å². The van der Waals surface area contributed by atoms with Crippen LogP contribution in [0.25, 0.3) is 0 Å². The van der Waals surface area contributed by atoms with Gasteiger partial charge in [-0.3, -0.25) is 4.79 Å². The van der Waals surface area contributed by atoms with E-state index in [-0.39, 0.29) is 11.9 Å². The summed E-state index contributed by atoms with van der Waals surface area (Å²) in [5.74, 6) is 0.907. The molecule has 4 nitrogen and oxygen atoms in total. The van der Waals surface area contributed by atoms with Crippen LogP contribution in [0.5, 0.6) is 0 Å². The number of nitrogens with one attached hydrogen (secondary N) is 2. The first-order chi connectivity index (χ1) is 8.99. The van der Waals surface area contributed by atoms with Crippen LogP contribution < -0.4 is 10.6 Å². The molecule has 0 aliphatic carbocycles. The molecule has 0 aromatic carbocycles. The zero-order valence-corrected chi connectivity index (χ0v) is 12.7. The summed E-state index contributed by atoms with van der Waals surface area (Å²) in [6.45, 7) is 8.96. The van der Waals surface area contributed by atoms with E-state index >= 15 is 0 Å². The lowest BCUT2D eigenvalue weighted by Gasteiger charge is -2.21. The zero-order chi connectivity index (χ0) is 14.4. The summed E-state index contributed by atoms with van der Waals surface area (Å²) in [6.07, 6.45) is 2.40. The van der Waals surface area contributed by atoms with Gasteiger partial charge in [0, 0.05) is 18.8 Å². The number of rotatable bonds is 6. The number of aromatic nitrogens is 1. The Morgan fingerprint density at radius 2 is 2.11 bits per heavy atom. The summed E-state index contributed by atoms with van der Waals surface area (Å²) in [7, 11) is 0. The smallest absolute Gasteiger partial charge is 0.253 e. The molecule has 0 bridgehead atoms. The molecule has 1 unspecified atom stereocenters. The number of nitrogens with zero attached hydrogens (tertiary/aromatic N) is 1. The summed E-state index contributed by atoms with van der Waals surface area (Å²) in [5, 5.41) is 6.46. The Labute approximate surface area is 120 Å². The fraction of sp³-hybridized carbons (Fsp3) is 0.571. The van der Waals surface area contributed by atoms with Crippen molar-refractivity contribution in [2.75, 3.05) is 11.9 Å². The molecule has 1 aromatic rings. The van der Waals surface area contributed by atoms with Gasteiger partial charge in [0.15, 0.2) is 0 Å². The van der Waals surface area contributed by atoms with E-state index in [1.54, 1.807) is 6.07 Å². The molecule has 2 N–H and O–H groups in total. The lowest BCUT2D eigenvalue weighted by molar-refractivity contribution is 0.0924. The van der Waals surface area contributed by atoms with E-state index in [2.05, 4.69) is 36.4 Å². The zero-order valence-electron chi connectivity index (χ0n) is 12.0. The molecule has 0 saturated heterocycles. The first kappa shape index (κ1) is 15.8. The van der Waals surface area contributed by atoms with Crippen molar-refractivity contribution in [3.8, 4) is 0 Å². The van der Waals surface area contributed by atoms with E-state index in [1.165, 1.54) is 6.20 Å². The van der Waals surface area contributed by atoms with Crippen molar-refractivity contribution in [3.05, 3.63) is 22.8 Å². The van der Waals surface area contributed by atoms with Gasteiger partial charge in [0.2, 0.25) is 0 Å². The summed E-state index contributed by atoms with van der Waals surface area (Å²) < 4.78 is 0. The highest BCUT2D eigenvalue weighted by atomic mass is 35.5. The van der Waals surface area contributed by atoms with Crippen LogP contribution in [0.15, 0.2) is 12.3 Å². The first-order valence-electron chi connectivity index (χ1n) is 6.69. The molecule has 1 heterocycles. The number of carbonyl (C=O) groups is 1. The highest BCUT2D eigenvalue weighted by Crippen LogP contribution is 2.18. The Morgan fingerprint density at radius 3 is 2.63 bits per heavy atom. The van der Waals surface area contributed by atoms with Gasteiger partial charge >= 0.3 is 0 Å². The topological polar surface area (TPSA) is 54.0 Å². The molecule has 1 atom stereocenters. The number of amides is 1. The third kappa shape index (κ3) is 4.39. The highest BCUT2D eigenvalue weighted by molar-refractivity contribution is 6.33. The number of anilines is 1. The number of hydrogen-bond acceptors (Lipinski definition) is 3. The Hall–Kier alpha value is -1.29. The number of hydrogen-bond donors (Lipinski definition) is 2. The molecule has 0 fully saturated rings. The summed E-state index contributed by atoms with van der Waals surface area (Å²) in [6, 6.07) is 1.84. The fourth-order valence-corrected chi connectivity index (χ4v) is 2.07. The van der Waals surface area contributed by atoms with E-state index in [0.29, 0.717) is 22.3 Å². The summed E-state index contributed by atoms with van der Waals surface area (Å²) in [5.41, 5.74) is 0.465. The number of carbonyl (C=O) groups excluding carboxylic acids is 1. The number of halogens is 1. The molecule has 1 amide bonds. The maximum atomic E-state index is 12.2. The Balaban J connectivity index is 2.89. The van der Waals surface area contributed by atoms with Gasteiger partial charge in [0.05, 0.1) is 10.6 Å². The molecule has 0 saturated carbocycles. The highest BCUT2D eigenvalue weighted by Gasteiger charge is 2.18. The van der Waals surface area contributed by atoms with Crippen molar-refractivity contribution in [1.29, 1.82) is 0 Å². The average Bonchev–Trinajstić information content (AvgIpc) is 2.37. The lowest BCUT2D eigenvalue weighted by atomic mass is 10.0. The van der Waals surface area contributed by atoms with Crippen LogP contribution in [0.1, 0.15) is 44.5 Å². The SMILES string of the molecule is CCNc1cc(C(=O)NC(CC)C(C)C)c(Cl)cn1. The predicted octanol–water partition coefficient (Wildman–Crippen LogP) is 3.33. The maximum absolute atomic E-state index is 12.2. The molecule has 0 aliphatic heterocycles. The van der Waals surface area contributed by atoms with Gasteiger partial charge in [0.1, 0.15) is 5.82 Å². The number of pyridine rings is 1. The fourth-order valence-electron chi connectivity index (χ4n) is 1.88. The molecule has 0 aliphatic rings. The largest absolute Gasteiger partial charge is 0.370 e. The first-order valence-corrected chi connectivity index (χ1v) is 7.07. The van der Waals surface area contributed by atoms with Crippen LogP contribution in [0.2, 0.25) is 5.02 Å². The van der Waals surface area contributed by atoms with Crippen molar-refractivity contribution in [2.24, 2.45) is 5.92 Å². The molecular formula is C14H22ClN3O. The van der Waals surface area contributed by atoms with E-state index in [0.717, 1.165) is 13.0 Å². The Morgan fingerprint density at radius 1 is 1.42 bits per heavy atom. The van der Waals surface area contributed by atoms with Gasteiger partial charge in [-0.25, -0.2) is 4.98 Å². The monoisotopic (exact) mass is 283 g/mol. The minimum Gasteiger partial charge on any atom is -0.370 e. The van der Waals surface area contributed by atoms with Crippen molar-refractivity contribution < 1.29 is 4.79 Å². The van der Waals surface area contributed by atoms with Gasteiger partial charge < -0.3 is 10.6 Å². The minimum atomic E-state index is -0.146. The van der Waals surface area contributed by atoms with Gasteiger partial charge in [-0.05, 0) is 25.3 Å². The van der Waals surface area contributed by atoms with E-state index < -0.39 is 0 Å². The molecule has 0 radical (unpaired) electrons. The molecule has 1 rings (SSSR count). The third-order valence-corrected chi connectivity index (χ3v) is 3.32. The second-order valence-corrected chi connectivity index (χ2v) is 5.22. The molecule has 106 valence electrons. The lowest BCUT2D eigenvalue weighted by Crippen LogP contribution is -2.38. The minimum absolute atomic E-state index is 0.146. The van der Waals surface area contributed by atoms with E-state index in [4.69, 9.17) is 11.6 Å². The van der Waals surface area contributed by atoms with Crippen molar-refractivity contribution in [3.63, 3.8) is 0 Å². The molecule has 5 heteroatoms. The average molecular weight is 284 g/mol. The molecular weight excluding hydrogens is 262 g/mol.